The molecular formula is C60H36N2OS2. The molecule has 0 saturated carbocycles. The Morgan fingerprint density at radius 3 is 1.71 bits per heavy atom. The number of para-hydroxylation sites is 5. The first kappa shape index (κ1) is 36.5. The third-order valence-electron chi connectivity index (χ3n) is 13.2. The maximum atomic E-state index is 6.77. The zero-order valence-corrected chi connectivity index (χ0v) is 36.5. The van der Waals surface area contributed by atoms with Crippen molar-refractivity contribution in [3.63, 3.8) is 0 Å². The van der Waals surface area contributed by atoms with Crippen LogP contribution in [0.5, 0.6) is 0 Å². The molecule has 14 rings (SSSR count). The van der Waals surface area contributed by atoms with E-state index in [2.05, 4.69) is 222 Å². The number of fused-ring (bicyclic) bond motifs is 12. The van der Waals surface area contributed by atoms with Gasteiger partial charge in [-0.2, -0.15) is 0 Å². The van der Waals surface area contributed by atoms with Crippen LogP contribution in [0, 0.1) is 0 Å². The molecule has 0 atom stereocenters. The average Bonchev–Trinajstić information content (AvgIpc) is 4.14. The van der Waals surface area contributed by atoms with Crippen LogP contribution in [-0.2, 0) is 0 Å². The van der Waals surface area contributed by atoms with E-state index in [1.165, 1.54) is 67.7 Å². The van der Waals surface area contributed by atoms with Gasteiger partial charge in [0.05, 0.1) is 32.8 Å². The van der Waals surface area contributed by atoms with Crippen LogP contribution in [0.15, 0.2) is 223 Å². The molecule has 0 aliphatic carbocycles. The van der Waals surface area contributed by atoms with E-state index >= 15 is 0 Å². The lowest BCUT2D eigenvalue weighted by Gasteiger charge is -2.30. The van der Waals surface area contributed by atoms with Crippen molar-refractivity contribution in [3.8, 4) is 27.9 Å². The van der Waals surface area contributed by atoms with Gasteiger partial charge in [0.1, 0.15) is 11.2 Å². The van der Waals surface area contributed by atoms with Gasteiger partial charge < -0.3 is 13.9 Å². The number of aromatic nitrogens is 1. The van der Waals surface area contributed by atoms with Crippen molar-refractivity contribution in [2.45, 2.75) is 0 Å². The smallest absolute Gasteiger partial charge is 0.143 e. The second kappa shape index (κ2) is 14.3. The van der Waals surface area contributed by atoms with Crippen molar-refractivity contribution < 1.29 is 4.42 Å². The summed E-state index contributed by atoms with van der Waals surface area (Å²) in [4.78, 5) is 2.54. The fraction of sp³-hybridized carbons (Fsp3) is 0. The van der Waals surface area contributed by atoms with E-state index in [0.29, 0.717) is 0 Å². The number of hydrogen-bond donors (Lipinski definition) is 0. The molecule has 0 aliphatic heterocycles. The van der Waals surface area contributed by atoms with Gasteiger partial charge in [-0.1, -0.05) is 158 Å². The highest BCUT2D eigenvalue weighted by Gasteiger charge is 2.27. The van der Waals surface area contributed by atoms with Crippen LogP contribution in [0.4, 0.5) is 17.1 Å². The van der Waals surface area contributed by atoms with Crippen LogP contribution in [0.3, 0.4) is 0 Å². The Labute approximate surface area is 381 Å². The number of thiophene rings is 2. The highest BCUT2D eigenvalue weighted by molar-refractivity contribution is 7.27. The Bertz CT molecular complexity index is 4170. The fourth-order valence-electron chi connectivity index (χ4n) is 10.4. The molecule has 0 radical (unpaired) electrons. The van der Waals surface area contributed by atoms with Crippen molar-refractivity contribution >= 4 is 124 Å². The monoisotopic (exact) mass is 864 g/mol. The summed E-state index contributed by atoms with van der Waals surface area (Å²) in [5, 5.41) is 9.78. The molecule has 0 spiro atoms. The van der Waals surface area contributed by atoms with Crippen molar-refractivity contribution in [2.24, 2.45) is 0 Å². The third-order valence-corrected chi connectivity index (χ3v) is 15.6. The molecule has 0 amide bonds. The van der Waals surface area contributed by atoms with E-state index < -0.39 is 0 Å². The van der Waals surface area contributed by atoms with E-state index in [-0.39, 0.29) is 0 Å². The lowest BCUT2D eigenvalue weighted by Crippen LogP contribution is -2.13. The SMILES string of the molecule is c1cc(-c2c(N(c3ccccc3-c3cccc4c3oc3ccccc34)c3cccc4c3sc3ccccc34)ccc3c2sc2ccccc23)cc(-n2c3ccccc3c3ccccc32)c1. The van der Waals surface area contributed by atoms with E-state index in [0.717, 1.165) is 61.4 Å². The van der Waals surface area contributed by atoms with E-state index in [9.17, 15) is 0 Å². The first-order valence-electron chi connectivity index (χ1n) is 22.0. The molecule has 304 valence electrons. The van der Waals surface area contributed by atoms with Crippen LogP contribution in [0.2, 0.25) is 0 Å². The molecule has 0 fully saturated rings. The lowest BCUT2D eigenvalue weighted by atomic mass is 9.96. The van der Waals surface area contributed by atoms with Gasteiger partial charge in [0.25, 0.3) is 0 Å². The molecule has 3 nitrogen and oxygen atoms in total. The molecule has 0 aliphatic rings. The van der Waals surface area contributed by atoms with Gasteiger partial charge >= 0.3 is 0 Å². The minimum Gasteiger partial charge on any atom is -0.455 e. The number of hydrogen-bond acceptors (Lipinski definition) is 4. The summed E-state index contributed by atoms with van der Waals surface area (Å²) in [6.07, 6.45) is 0. The number of anilines is 3. The standard InChI is InChI=1S/C60H36N2OS2/c1-7-27-49-39(18-1)40-19-2-8-28-50(40)61(49)38-17-13-16-37(36-38)57-52(35-34-48-44-23-6-12-33-56(44)65-60(48)57)62(53-30-15-26-47-43-22-5-11-32-55(43)64-59(47)53)51-29-9-3-20-41(51)45-24-14-25-46-42-21-4-10-31-54(42)63-58(45)46/h1-36H. The summed E-state index contributed by atoms with van der Waals surface area (Å²) in [5.41, 5.74) is 13.1. The molecule has 4 aromatic heterocycles. The molecular weight excluding hydrogens is 829 g/mol. The van der Waals surface area contributed by atoms with Gasteiger partial charge in [-0.05, 0) is 66.2 Å². The predicted molar refractivity (Wildman–Crippen MR) is 279 cm³/mol. The second-order valence-corrected chi connectivity index (χ2v) is 18.8. The third kappa shape index (κ3) is 5.47. The molecule has 4 heterocycles. The first-order chi connectivity index (χ1) is 32.3. The summed E-state index contributed by atoms with van der Waals surface area (Å²) in [5.74, 6) is 0. The van der Waals surface area contributed by atoms with Crippen molar-refractivity contribution in [2.75, 3.05) is 4.90 Å². The van der Waals surface area contributed by atoms with Gasteiger partial charge in [-0.15, -0.1) is 22.7 Å². The predicted octanol–water partition coefficient (Wildman–Crippen LogP) is 18.2. The Morgan fingerprint density at radius 1 is 0.369 bits per heavy atom. The Hall–Kier alpha value is -7.96. The summed E-state index contributed by atoms with van der Waals surface area (Å²) in [6, 6.07) is 79.7. The van der Waals surface area contributed by atoms with Crippen molar-refractivity contribution in [1.29, 1.82) is 0 Å². The second-order valence-electron chi connectivity index (χ2n) is 16.7. The van der Waals surface area contributed by atoms with Gasteiger partial charge in [0.15, 0.2) is 0 Å². The van der Waals surface area contributed by atoms with E-state index in [4.69, 9.17) is 4.42 Å². The van der Waals surface area contributed by atoms with Crippen LogP contribution in [-0.4, -0.2) is 4.57 Å². The summed E-state index contributed by atoms with van der Waals surface area (Å²) in [7, 11) is 0. The highest BCUT2D eigenvalue weighted by atomic mass is 32.1. The molecule has 5 heteroatoms. The van der Waals surface area contributed by atoms with Crippen LogP contribution in [0.1, 0.15) is 0 Å². The average molecular weight is 865 g/mol. The Morgan fingerprint density at radius 2 is 0.923 bits per heavy atom. The minimum absolute atomic E-state index is 0.889. The van der Waals surface area contributed by atoms with Gasteiger partial charge in [-0.25, -0.2) is 0 Å². The van der Waals surface area contributed by atoms with Crippen LogP contribution in [0.25, 0.3) is 112 Å². The number of furan rings is 1. The van der Waals surface area contributed by atoms with Crippen molar-refractivity contribution in [3.05, 3.63) is 218 Å². The van der Waals surface area contributed by atoms with Gasteiger partial charge in [-0.3, -0.25) is 0 Å². The number of benzene rings is 10. The molecule has 0 saturated heterocycles. The number of rotatable bonds is 6. The zero-order chi connectivity index (χ0) is 42.6. The van der Waals surface area contributed by atoms with Crippen molar-refractivity contribution in [1.82, 2.24) is 4.57 Å². The first-order valence-corrected chi connectivity index (χ1v) is 23.6. The Kier molecular flexibility index (Phi) is 8.02. The zero-order valence-electron chi connectivity index (χ0n) is 34.9. The topological polar surface area (TPSA) is 21.3 Å². The minimum atomic E-state index is 0.889. The maximum absolute atomic E-state index is 6.77. The molecule has 14 aromatic rings. The van der Waals surface area contributed by atoms with Crippen LogP contribution < -0.4 is 4.90 Å². The van der Waals surface area contributed by atoms with E-state index in [1.54, 1.807) is 0 Å². The van der Waals surface area contributed by atoms with Crippen LogP contribution >= 0.6 is 22.7 Å². The molecule has 0 N–H and O–H groups in total. The van der Waals surface area contributed by atoms with Gasteiger partial charge in [0.2, 0.25) is 0 Å². The Balaban J connectivity index is 1.10. The highest BCUT2D eigenvalue weighted by Crippen LogP contribution is 2.53. The quantitative estimate of drug-likeness (QED) is 0.166. The molecule has 0 unspecified atom stereocenters. The number of nitrogens with zero attached hydrogens (tertiary/aromatic N) is 2. The summed E-state index contributed by atoms with van der Waals surface area (Å²) >= 11 is 3.74. The summed E-state index contributed by atoms with van der Waals surface area (Å²) < 4.78 is 14.2. The molecule has 65 heavy (non-hydrogen) atoms. The fourth-order valence-corrected chi connectivity index (χ4v) is 12.9. The summed E-state index contributed by atoms with van der Waals surface area (Å²) in [6.45, 7) is 0. The largest absolute Gasteiger partial charge is 0.455 e. The van der Waals surface area contributed by atoms with Gasteiger partial charge in [0, 0.05) is 79.6 Å². The lowest BCUT2D eigenvalue weighted by molar-refractivity contribution is 0.670. The van der Waals surface area contributed by atoms with E-state index in [1.807, 2.05) is 28.7 Å². The maximum Gasteiger partial charge on any atom is 0.143 e. The molecule has 0 bridgehead atoms. The molecule has 10 aromatic carbocycles. The normalized spacial score (nSPS) is 12.0.